The average molecular weight is 421 g/mol. The van der Waals surface area contributed by atoms with Crippen LogP contribution in [0.5, 0.6) is 0 Å². The van der Waals surface area contributed by atoms with E-state index in [9.17, 15) is 21.6 Å². The van der Waals surface area contributed by atoms with Crippen molar-refractivity contribution in [1.82, 2.24) is 9.78 Å². The molecule has 0 aliphatic heterocycles. The van der Waals surface area contributed by atoms with Crippen LogP contribution >= 0.6 is 0 Å². The predicted molar refractivity (Wildman–Crippen MR) is 101 cm³/mol. The Hall–Kier alpha value is -2.65. The number of hydrogen-bond acceptors (Lipinski definition) is 3. The molecule has 1 atom stereocenters. The van der Waals surface area contributed by atoms with Gasteiger partial charge in [-0.05, 0) is 60.7 Å². The lowest BCUT2D eigenvalue weighted by Gasteiger charge is -2.26. The fourth-order valence-corrected chi connectivity index (χ4v) is 4.34. The number of hydrogen-bond donors (Lipinski definition) is 1. The maximum atomic E-state index is 13.4. The van der Waals surface area contributed by atoms with E-state index >= 15 is 0 Å². The minimum Gasteiger partial charge on any atom is -0.237 e. The largest absolute Gasteiger partial charge is 0.435 e. The summed E-state index contributed by atoms with van der Waals surface area (Å²) in [5, 5.41) is 8.91. The molecule has 1 heterocycles. The van der Waals surface area contributed by atoms with Crippen LogP contribution in [0.15, 0.2) is 59.5 Å². The van der Waals surface area contributed by atoms with Gasteiger partial charge in [0.15, 0.2) is 5.69 Å². The molecule has 0 radical (unpaired) electrons. The molecule has 0 spiro atoms. The third-order valence-electron chi connectivity index (χ3n) is 5.16. The van der Waals surface area contributed by atoms with Crippen LogP contribution < -0.4 is 5.14 Å². The molecule has 2 N–H and O–H groups in total. The summed E-state index contributed by atoms with van der Waals surface area (Å²) in [6.07, 6.45) is -2.14. The van der Waals surface area contributed by atoms with Gasteiger partial charge in [-0.1, -0.05) is 24.3 Å². The Balaban J connectivity index is 1.86. The number of sulfonamides is 1. The van der Waals surface area contributed by atoms with E-state index in [1.165, 1.54) is 28.9 Å². The highest BCUT2D eigenvalue weighted by Gasteiger charge is 2.37. The molecule has 5 nitrogen and oxygen atoms in total. The predicted octanol–water partition coefficient (Wildman–Crippen LogP) is 4.01. The van der Waals surface area contributed by atoms with Gasteiger partial charge in [0.25, 0.3) is 0 Å². The van der Waals surface area contributed by atoms with Crippen LogP contribution in [-0.4, -0.2) is 18.2 Å². The number of nitrogens with two attached hydrogens (primary N) is 1. The van der Waals surface area contributed by atoms with Crippen LogP contribution in [0.25, 0.3) is 5.69 Å². The summed E-state index contributed by atoms with van der Waals surface area (Å²) in [5.74, 6) is -0.235. The lowest BCUT2D eigenvalue weighted by Crippen LogP contribution is -2.15. The number of primary sulfonamides is 1. The van der Waals surface area contributed by atoms with Gasteiger partial charge in [0.2, 0.25) is 10.0 Å². The van der Waals surface area contributed by atoms with Crippen LogP contribution in [0.2, 0.25) is 0 Å². The average Bonchev–Trinajstić information content (AvgIpc) is 3.12. The van der Waals surface area contributed by atoms with Crippen molar-refractivity contribution in [3.05, 3.63) is 77.1 Å². The first-order valence-corrected chi connectivity index (χ1v) is 10.6. The molecule has 0 amide bonds. The van der Waals surface area contributed by atoms with Crippen molar-refractivity contribution >= 4 is 10.0 Å². The molecule has 2 aromatic carbocycles. The molecule has 1 aromatic heterocycles. The van der Waals surface area contributed by atoms with E-state index in [0.29, 0.717) is 17.8 Å². The summed E-state index contributed by atoms with van der Waals surface area (Å²) in [6, 6.07) is 14.2. The Morgan fingerprint density at radius 2 is 1.76 bits per heavy atom. The number of nitrogens with zero attached hydrogens (tertiary/aromatic N) is 2. The molecule has 1 unspecified atom stereocenters. The highest BCUT2D eigenvalue weighted by molar-refractivity contribution is 7.89. The fourth-order valence-electron chi connectivity index (χ4n) is 3.83. The standard InChI is InChI=1S/C20H18F3N3O2S/c21-20(22,23)19-12-18(17-7-3-5-13-4-1-2-6-16(13)17)26(25-19)14-8-10-15(11-9-14)29(24,27)28/h1-2,4,6,8-12,17H,3,5,7H2,(H2,24,27,28). The Labute approximate surface area is 166 Å². The van der Waals surface area contributed by atoms with Gasteiger partial charge in [-0.2, -0.15) is 18.3 Å². The summed E-state index contributed by atoms with van der Waals surface area (Å²) >= 11 is 0. The highest BCUT2D eigenvalue weighted by atomic mass is 32.2. The van der Waals surface area contributed by atoms with Crippen molar-refractivity contribution in [2.24, 2.45) is 5.14 Å². The number of halogens is 3. The Bertz CT molecular complexity index is 1150. The van der Waals surface area contributed by atoms with E-state index in [1.54, 1.807) is 0 Å². The molecule has 1 aliphatic carbocycles. The molecule has 0 saturated carbocycles. The number of rotatable bonds is 3. The quantitative estimate of drug-likeness (QED) is 0.694. The molecule has 152 valence electrons. The Morgan fingerprint density at radius 3 is 2.41 bits per heavy atom. The van der Waals surface area contributed by atoms with E-state index in [0.717, 1.165) is 30.0 Å². The van der Waals surface area contributed by atoms with Crippen LogP contribution in [0.4, 0.5) is 13.2 Å². The van der Waals surface area contributed by atoms with Crippen molar-refractivity contribution in [2.45, 2.75) is 36.3 Å². The number of aromatic nitrogens is 2. The Kier molecular flexibility index (Phi) is 4.74. The van der Waals surface area contributed by atoms with Crippen LogP contribution in [0, 0.1) is 0 Å². The van der Waals surface area contributed by atoms with Gasteiger partial charge in [-0.3, -0.25) is 0 Å². The van der Waals surface area contributed by atoms with E-state index in [-0.39, 0.29) is 10.8 Å². The molecule has 1 aliphatic rings. The van der Waals surface area contributed by atoms with Gasteiger partial charge in [0, 0.05) is 5.92 Å². The normalized spacial score (nSPS) is 17.2. The summed E-state index contributed by atoms with van der Waals surface area (Å²) < 4.78 is 64.4. The zero-order chi connectivity index (χ0) is 20.8. The topological polar surface area (TPSA) is 78.0 Å². The highest BCUT2D eigenvalue weighted by Crippen LogP contribution is 2.39. The first-order chi connectivity index (χ1) is 13.6. The molecular formula is C20H18F3N3O2S. The third-order valence-corrected chi connectivity index (χ3v) is 6.09. The number of fused-ring (bicyclic) bond motifs is 1. The lowest BCUT2D eigenvalue weighted by molar-refractivity contribution is -0.141. The monoisotopic (exact) mass is 421 g/mol. The lowest BCUT2D eigenvalue weighted by atomic mass is 9.81. The van der Waals surface area contributed by atoms with Crippen molar-refractivity contribution in [3.8, 4) is 5.69 Å². The number of aryl methyl sites for hydroxylation is 1. The zero-order valence-corrected chi connectivity index (χ0v) is 16.0. The van der Waals surface area contributed by atoms with Gasteiger partial charge < -0.3 is 0 Å². The second-order valence-electron chi connectivity index (χ2n) is 7.05. The first kappa shape index (κ1) is 19.7. The summed E-state index contributed by atoms with van der Waals surface area (Å²) in [7, 11) is -3.90. The van der Waals surface area contributed by atoms with Crippen LogP contribution in [-0.2, 0) is 22.6 Å². The molecule has 0 saturated heterocycles. The molecule has 9 heteroatoms. The molecule has 0 fully saturated rings. The summed E-state index contributed by atoms with van der Waals surface area (Å²) in [4.78, 5) is -0.117. The molecule has 0 bridgehead atoms. The van der Waals surface area contributed by atoms with Gasteiger partial charge in [-0.25, -0.2) is 18.2 Å². The van der Waals surface area contributed by atoms with Gasteiger partial charge in [0.1, 0.15) is 0 Å². The van der Waals surface area contributed by atoms with Crippen LogP contribution in [0.1, 0.15) is 41.3 Å². The second-order valence-corrected chi connectivity index (χ2v) is 8.61. The van der Waals surface area contributed by atoms with E-state index < -0.39 is 21.9 Å². The Morgan fingerprint density at radius 1 is 1.07 bits per heavy atom. The maximum Gasteiger partial charge on any atom is 0.435 e. The molecular weight excluding hydrogens is 403 g/mol. The van der Waals surface area contributed by atoms with Crippen LogP contribution in [0.3, 0.4) is 0 Å². The third kappa shape index (κ3) is 3.79. The summed E-state index contributed by atoms with van der Waals surface area (Å²) in [5.41, 5.74) is 1.90. The van der Waals surface area contributed by atoms with E-state index in [4.69, 9.17) is 5.14 Å². The zero-order valence-electron chi connectivity index (χ0n) is 15.2. The molecule has 29 heavy (non-hydrogen) atoms. The van der Waals surface area contributed by atoms with E-state index in [2.05, 4.69) is 5.10 Å². The molecule has 3 aromatic rings. The second kappa shape index (κ2) is 7.00. The smallest absolute Gasteiger partial charge is 0.237 e. The first-order valence-electron chi connectivity index (χ1n) is 9.03. The van der Waals surface area contributed by atoms with Crippen molar-refractivity contribution in [1.29, 1.82) is 0 Å². The van der Waals surface area contributed by atoms with Crippen molar-refractivity contribution < 1.29 is 21.6 Å². The van der Waals surface area contributed by atoms with Gasteiger partial charge in [0.05, 0.1) is 16.3 Å². The number of alkyl halides is 3. The molecule has 4 rings (SSSR count). The van der Waals surface area contributed by atoms with Crippen molar-refractivity contribution in [3.63, 3.8) is 0 Å². The van der Waals surface area contributed by atoms with Crippen molar-refractivity contribution in [2.75, 3.05) is 0 Å². The van der Waals surface area contributed by atoms with Gasteiger partial charge >= 0.3 is 6.18 Å². The minimum atomic E-state index is -4.59. The number of benzene rings is 2. The maximum absolute atomic E-state index is 13.4. The minimum absolute atomic E-state index is 0.117. The SMILES string of the molecule is NS(=O)(=O)c1ccc(-n2nc(C(F)(F)F)cc2C2CCCc3ccccc32)cc1. The van der Waals surface area contributed by atoms with E-state index in [1.807, 2.05) is 24.3 Å². The summed E-state index contributed by atoms with van der Waals surface area (Å²) in [6.45, 7) is 0. The van der Waals surface area contributed by atoms with Gasteiger partial charge in [-0.15, -0.1) is 0 Å². The fraction of sp³-hybridized carbons (Fsp3) is 0.250.